The fourth-order valence-corrected chi connectivity index (χ4v) is 2.96. The molecule has 0 spiro atoms. The van der Waals surface area contributed by atoms with Gasteiger partial charge in [-0.3, -0.25) is 0 Å². The van der Waals surface area contributed by atoms with Gasteiger partial charge in [0.05, 0.1) is 0 Å². The summed E-state index contributed by atoms with van der Waals surface area (Å²) >= 11 is 0. The topological polar surface area (TPSA) is 74.4 Å². The number of amides is 2. The molecule has 0 radical (unpaired) electrons. The highest BCUT2D eigenvalue weighted by Gasteiger charge is 2.16. The minimum Gasteiger partial charge on any atom is -0.389 e. The summed E-state index contributed by atoms with van der Waals surface area (Å²) in [5, 5.41) is 8.96. The van der Waals surface area contributed by atoms with Crippen LogP contribution in [0.15, 0.2) is 24.6 Å². The zero-order valence-corrected chi connectivity index (χ0v) is 17.2. The van der Waals surface area contributed by atoms with Crippen LogP contribution in [0.1, 0.15) is 84.0 Å². The first-order valence-electron chi connectivity index (χ1n) is 10.8. The van der Waals surface area contributed by atoms with E-state index in [1.165, 1.54) is 38.5 Å². The van der Waals surface area contributed by atoms with E-state index in [0.29, 0.717) is 5.88 Å². The summed E-state index contributed by atoms with van der Waals surface area (Å²) < 4.78 is 0. The van der Waals surface area contributed by atoms with Gasteiger partial charge in [-0.2, -0.15) is 0 Å². The number of hydroxylamine groups is 1. The monoisotopic (exact) mass is 380 g/mol. The minimum absolute atomic E-state index is 0.0291. The SMILES string of the molecule is C=C1NC(CCCCCC/C=C\CCCCNC(=O)NCCCCC)NO1. The van der Waals surface area contributed by atoms with Gasteiger partial charge < -0.3 is 20.8 Å². The molecule has 156 valence electrons. The van der Waals surface area contributed by atoms with Crippen molar-refractivity contribution in [1.29, 1.82) is 0 Å². The number of carbonyl (C=O) groups is 1. The lowest BCUT2D eigenvalue weighted by molar-refractivity contribution is 0.133. The van der Waals surface area contributed by atoms with E-state index in [9.17, 15) is 4.79 Å². The highest BCUT2D eigenvalue weighted by Crippen LogP contribution is 2.10. The zero-order chi connectivity index (χ0) is 19.6. The first-order chi connectivity index (χ1) is 13.2. The Kier molecular flexibility index (Phi) is 14.3. The van der Waals surface area contributed by atoms with Crippen LogP contribution in [0.3, 0.4) is 0 Å². The second kappa shape index (κ2) is 16.5. The summed E-state index contributed by atoms with van der Waals surface area (Å²) in [6, 6.07) is -0.0291. The molecule has 0 aromatic heterocycles. The number of carbonyl (C=O) groups excluding carboxylic acids is 1. The van der Waals surface area contributed by atoms with Crippen LogP contribution in [0.25, 0.3) is 0 Å². The van der Waals surface area contributed by atoms with Gasteiger partial charge in [0.1, 0.15) is 6.17 Å². The van der Waals surface area contributed by atoms with Crippen LogP contribution in [-0.2, 0) is 4.84 Å². The second-order valence-corrected chi connectivity index (χ2v) is 7.19. The molecule has 6 heteroatoms. The Morgan fingerprint density at radius 2 is 1.63 bits per heavy atom. The van der Waals surface area contributed by atoms with Crippen molar-refractivity contribution in [2.45, 2.75) is 90.1 Å². The van der Waals surface area contributed by atoms with Crippen molar-refractivity contribution in [2.75, 3.05) is 13.1 Å². The Hall–Kier alpha value is -1.69. The summed E-state index contributed by atoms with van der Waals surface area (Å²) in [5.74, 6) is 0.617. The molecule has 0 aliphatic carbocycles. The molecule has 1 aliphatic heterocycles. The minimum atomic E-state index is -0.0291. The van der Waals surface area contributed by atoms with Crippen LogP contribution in [0.5, 0.6) is 0 Å². The molecule has 0 bridgehead atoms. The van der Waals surface area contributed by atoms with Crippen LogP contribution in [-0.4, -0.2) is 25.3 Å². The third-order valence-electron chi connectivity index (χ3n) is 4.59. The number of allylic oxidation sites excluding steroid dienone is 2. The lowest BCUT2D eigenvalue weighted by atomic mass is 10.1. The zero-order valence-electron chi connectivity index (χ0n) is 17.2. The number of rotatable bonds is 16. The summed E-state index contributed by atoms with van der Waals surface area (Å²) in [6.07, 6.45) is 18.7. The average molecular weight is 381 g/mol. The quantitative estimate of drug-likeness (QED) is 0.235. The van der Waals surface area contributed by atoms with Crippen LogP contribution in [0.2, 0.25) is 0 Å². The van der Waals surface area contributed by atoms with E-state index in [-0.39, 0.29) is 12.2 Å². The molecule has 6 nitrogen and oxygen atoms in total. The maximum atomic E-state index is 11.5. The summed E-state index contributed by atoms with van der Waals surface area (Å²) in [7, 11) is 0. The molecule has 27 heavy (non-hydrogen) atoms. The van der Waals surface area contributed by atoms with Crippen molar-refractivity contribution >= 4 is 6.03 Å². The standard InChI is InChI=1S/C21H40N4O2/c1-3-4-14-17-22-21(26)23-18-15-12-10-8-6-5-7-9-11-13-16-20-24-19(2)27-25-20/h6,8,20,24-25H,2-5,7,9-18H2,1H3,(H2,22,23,26)/b8-6-. The first kappa shape index (κ1) is 23.3. The second-order valence-electron chi connectivity index (χ2n) is 7.19. The Balaban J connectivity index is 1.77. The van der Waals surface area contributed by atoms with Gasteiger partial charge >= 0.3 is 6.03 Å². The van der Waals surface area contributed by atoms with Gasteiger partial charge in [-0.25, -0.2) is 4.79 Å². The molecule has 0 saturated carbocycles. The van der Waals surface area contributed by atoms with Gasteiger partial charge in [-0.05, 0) is 57.9 Å². The normalized spacial score (nSPS) is 16.3. The van der Waals surface area contributed by atoms with E-state index >= 15 is 0 Å². The molecule has 1 heterocycles. The molecule has 1 fully saturated rings. The van der Waals surface area contributed by atoms with E-state index in [1.807, 2.05) is 0 Å². The molecule has 4 N–H and O–H groups in total. The third-order valence-corrected chi connectivity index (χ3v) is 4.59. The fraction of sp³-hybridized carbons (Fsp3) is 0.762. The van der Waals surface area contributed by atoms with Gasteiger partial charge in [0.25, 0.3) is 0 Å². The average Bonchev–Trinajstić information content (AvgIpc) is 3.08. The van der Waals surface area contributed by atoms with Crippen molar-refractivity contribution in [1.82, 2.24) is 21.4 Å². The Morgan fingerprint density at radius 3 is 2.26 bits per heavy atom. The van der Waals surface area contributed by atoms with Crippen molar-refractivity contribution in [3.8, 4) is 0 Å². The van der Waals surface area contributed by atoms with Crippen LogP contribution < -0.4 is 21.4 Å². The molecule has 0 aromatic rings. The summed E-state index contributed by atoms with van der Waals surface area (Å²) in [5.41, 5.74) is 2.92. The lowest BCUT2D eigenvalue weighted by Gasteiger charge is -2.07. The first-order valence-corrected chi connectivity index (χ1v) is 10.8. The molecular formula is C21H40N4O2. The predicted molar refractivity (Wildman–Crippen MR) is 112 cm³/mol. The van der Waals surface area contributed by atoms with Gasteiger partial charge in [0, 0.05) is 13.1 Å². The van der Waals surface area contributed by atoms with Crippen LogP contribution in [0.4, 0.5) is 4.79 Å². The molecule has 1 unspecified atom stereocenters. The highest BCUT2D eigenvalue weighted by molar-refractivity contribution is 5.73. The van der Waals surface area contributed by atoms with Gasteiger partial charge in [-0.1, -0.05) is 44.8 Å². The van der Waals surface area contributed by atoms with E-state index < -0.39 is 0 Å². The molecular weight excluding hydrogens is 340 g/mol. The summed E-state index contributed by atoms with van der Waals surface area (Å²) in [6.45, 7) is 7.42. The van der Waals surface area contributed by atoms with E-state index in [1.54, 1.807) is 0 Å². The van der Waals surface area contributed by atoms with Crippen LogP contribution >= 0.6 is 0 Å². The predicted octanol–water partition coefficient (Wildman–Crippen LogP) is 4.46. The Labute approximate surface area is 165 Å². The van der Waals surface area contributed by atoms with E-state index in [0.717, 1.165) is 51.6 Å². The fourth-order valence-electron chi connectivity index (χ4n) is 2.96. The maximum absolute atomic E-state index is 11.5. The Bertz CT molecular complexity index is 426. The molecule has 1 aliphatic rings. The van der Waals surface area contributed by atoms with E-state index in [4.69, 9.17) is 4.84 Å². The Morgan fingerprint density at radius 1 is 1.00 bits per heavy atom. The van der Waals surface area contributed by atoms with Gasteiger partial charge in [-0.15, -0.1) is 5.48 Å². The smallest absolute Gasteiger partial charge is 0.314 e. The van der Waals surface area contributed by atoms with E-state index in [2.05, 4.69) is 47.1 Å². The molecule has 1 atom stereocenters. The van der Waals surface area contributed by atoms with Crippen molar-refractivity contribution < 1.29 is 9.63 Å². The lowest BCUT2D eigenvalue weighted by Crippen LogP contribution is -2.36. The number of unbranched alkanes of at least 4 members (excludes halogenated alkanes) is 8. The highest BCUT2D eigenvalue weighted by atomic mass is 16.7. The number of urea groups is 1. The van der Waals surface area contributed by atoms with Gasteiger partial charge in [0.2, 0.25) is 5.88 Å². The largest absolute Gasteiger partial charge is 0.389 e. The third kappa shape index (κ3) is 14.1. The number of nitrogens with one attached hydrogen (secondary N) is 4. The summed E-state index contributed by atoms with van der Waals surface area (Å²) in [4.78, 5) is 16.6. The van der Waals surface area contributed by atoms with Crippen LogP contribution in [0, 0.1) is 0 Å². The molecule has 1 saturated heterocycles. The molecule has 2 amide bonds. The van der Waals surface area contributed by atoms with Gasteiger partial charge in [0.15, 0.2) is 0 Å². The number of hydrogen-bond donors (Lipinski definition) is 4. The molecule has 1 rings (SSSR count). The maximum Gasteiger partial charge on any atom is 0.314 e. The number of hydrogen-bond acceptors (Lipinski definition) is 4. The van der Waals surface area contributed by atoms with Crippen molar-refractivity contribution in [3.05, 3.63) is 24.6 Å². The van der Waals surface area contributed by atoms with Crippen molar-refractivity contribution in [2.24, 2.45) is 0 Å². The molecule has 0 aromatic carbocycles. The van der Waals surface area contributed by atoms with Crippen molar-refractivity contribution in [3.63, 3.8) is 0 Å².